The summed E-state index contributed by atoms with van der Waals surface area (Å²) in [5.41, 5.74) is 0. The average Bonchev–Trinajstić information content (AvgIpc) is 2.37. The maximum atomic E-state index is 3.58. The second kappa shape index (κ2) is 6.91. The van der Waals surface area contributed by atoms with E-state index in [-0.39, 0.29) is 0 Å². The van der Waals surface area contributed by atoms with Crippen LogP contribution in [0, 0.1) is 11.8 Å². The molecule has 0 aromatic rings. The van der Waals surface area contributed by atoms with Crippen LogP contribution in [0.2, 0.25) is 0 Å². The fraction of sp³-hybridized carbons (Fsp3) is 1.00. The fourth-order valence-corrected chi connectivity index (χ4v) is 3.86. The normalized spacial score (nSPS) is 31.3. The first-order valence-electron chi connectivity index (χ1n) is 8.14. The van der Waals surface area contributed by atoms with Gasteiger partial charge in [0.15, 0.2) is 0 Å². The molecule has 2 nitrogen and oxygen atoms in total. The third kappa shape index (κ3) is 3.96. The highest BCUT2D eigenvalue weighted by Gasteiger charge is 2.33. The van der Waals surface area contributed by atoms with Gasteiger partial charge in [-0.3, -0.25) is 4.90 Å². The van der Waals surface area contributed by atoms with Crippen LogP contribution in [0.5, 0.6) is 0 Å². The van der Waals surface area contributed by atoms with Gasteiger partial charge in [0.2, 0.25) is 0 Å². The van der Waals surface area contributed by atoms with Gasteiger partial charge in [-0.05, 0) is 50.6 Å². The predicted molar refractivity (Wildman–Crippen MR) is 78.9 cm³/mol. The number of fused-ring (bicyclic) bond motifs is 1. The first-order valence-corrected chi connectivity index (χ1v) is 8.14. The number of nitrogens with zero attached hydrogens (tertiary/aromatic N) is 1. The molecule has 2 heteroatoms. The summed E-state index contributed by atoms with van der Waals surface area (Å²) in [6.07, 6.45) is 8.86. The van der Waals surface area contributed by atoms with E-state index >= 15 is 0 Å². The molecular formula is C16H32N2. The van der Waals surface area contributed by atoms with Gasteiger partial charge in [0, 0.05) is 18.6 Å². The minimum absolute atomic E-state index is 0.622. The van der Waals surface area contributed by atoms with E-state index in [1.807, 2.05) is 0 Å². The lowest BCUT2D eigenvalue weighted by Gasteiger charge is -2.45. The van der Waals surface area contributed by atoms with E-state index in [9.17, 15) is 0 Å². The van der Waals surface area contributed by atoms with E-state index in [0.717, 1.165) is 17.9 Å². The number of likely N-dealkylation sites (tertiary alicyclic amines) is 1. The van der Waals surface area contributed by atoms with Crippen LogP contribution in [0.1, 0.15) is 59.3 Å². The summed E-state index contributed by atoms with van der Waals surface area (Å²) >= 11 is 0. The Balaban J connectivity index is 1.79. The van der Waals surface area contributed by atoms with Crippen LogP contribution < -0.4 is 5.32 Å². The molecule has 18 heavy (non-hydrogen) atoms. The molecule has 1 N–H and O–H groups in total. The Hall–Kier alpha value is -0.0800. The van der Waals surface area contributed by atoms with Crippen molar-refractivity contribution < 1.29 is 0 Å². The molecule has 0 aromatic carbocycles. The van der Waals surface area contributed by atoms with Gasteiger partial charge >= 0.3 is 0 Å². The highest BCUT2D eigenvalue weighted by Crippen LogP contribution is 2.35. The standard InChI is InChI=1S/C16H32N2/c1-13(2)17-11-14(3)12-18-10-6-8-15-7-4-5-9-16(15)18/h13-17H,4-12H2,1-3H3/t14?,15-,16-/m1/s1. The third-order valence-electron chi connectivity index (χ3n) is 4.78. The van der Waals surface area contributed by atoms with Crippen LogP contribution in [0.15, 0.2) is 0 Å². The number of rotatable bonds is 5. The van der Waals surface area contributed by atoms with Crippen molar-refractivity contribution in [3.63, 3.8) is 0 Å². The maximum Gasteiger partial charge on any atom is 0.0124 e. The summed E-state index contributed by atoms with van der Waals surface area (Å²) in [5, 5.41) is 3.58. The van der Waals surface area contributed by atoms with Crippen molar-refractivity contribution in [1.29, 1.82) is 0 Å². The quantitative estimate of drug-likeness (QED) is 0.808. The number of nitrogens with one attached hydrogen (secondary N) is 1. The lowest BCUT2D eigenvalue weighted by atomic mass is 9.78. The first kappa shape index (κ1) is 14.3. The molecule has 0 radical (unpaired) electrons. The molecule has 1 unspecified atom stereocenters. The highest BCUT2D eigenvalue weighted by atomic mass is 15.2. The van der Waals surface area contributed by atoms with Crippen molar-refractivity contribution in [2.24, 2.45) is 11.8 Å². The van der Waals surface area contributed by atoms with E-state index in [2.05, 4.69) is 31.0 Å². The molecule has 1 saturated heterocycles. The topological polar surface area (TPSA) is 15.3 Å². The van der Waals surface area contributed by atoms with Gasteiger partial charge in [0.25, 0.3) is 0 Å². The average molecular weight is 252 g/mol. The van der Waals surface area contributed by atoms with Gasteiger partial charge in [-0.15, -0.1) is 0 Å². The largest absolute Gasteiger partial charge is 0.314 e. The number of piperidine rings is 1. The highest BCUT2D eigenvalue weighted by molar-refractivity contribution is 4.88. The lowest BCUT2D eigenvalue weighted by molar-refractivity contribution is 0.0498. The van der Waals surface area contributed by atoms with Gasteiger partial charge in [-0.25, -0.2) is 0 Å². The summed E-state index contributed by atoms with van der Waals surface area (Å²) in [6, 6.07) is 1.55. The third-order valence-corrected chi connectivity index (χ3v) is 4.78. The Labute approximate surface area is 114 Å². The lowest BCUT2D eigenvalue weighted by Crippen LogP contribution is -2.49. The summed E-state index contributed by atoms with van der Waals surface area (Å²) < 4.78 is 0. The predicted octanol–water partition coefficient (Wildman–Crippen LogP) is 3.28. The van der Waals surface area contributed by atoms with E-state index in [0.29, 0.717) is 6.04 Å². The van der Waals surface area contributed by atoms with Crippen LogP contribution in [0.25, 0.3) is 0 Å². The van der Waals surface area contributed by atoms with Crippen LogP contribution in [0.3, 0.4) is 0 Å². The molecule has 2 rings (SSSR count). The second-order valence-corrected chi connectivity index (χ2v) is 6.92. The van der Waals surface area contributed by atoms with Crippen LogP contribution >= 0.6 is 0 Å². The molecule has 0 bridgehead atoms. The van der Waals surface area contributed by atoms with Gasteiger partial charge < -0.3 is 5.32 Å². The molecule has 0 amide bonds. The van der Waals surface area contributed by atoms with E-state index < -0.39 is 0 Å². The fourth-order valence-electron chi connectivity index (χ4n) is 3.86. The minimum atomic E-state index is 0.622. The Morgan fingerprint density at radius 2 is 1.78 bits per heavy atom. The molecular weight excluding hydrogens is 220 g/mol. The Kier molecular flexibility index (Phi) is 5.50. The van der Waals surface area contributed by atoms with Crippen molar-refractivity contribution in [2.75, 3.05) is 19.6 Å². The summed E-state index contributed by atoms with van der Waals surface area (Å²) in [4.78, 5) is 2.82. The first-order chi connectivity index (χ1) is 8.66. The molecule has 1 aliphatic heterocycles. The van der Waals surface area contributed by atoms with Crippen LogP contribution in [0.4, 0.5) is 0 Å². The molecule has 3 atom stereocenters. The number of hydrogen-bond acceptors (Lipinski definition) is 2. The minimum Gasteiger partial charge on any atom is -0.314 e. The Morgan fingerprint density at radius 1 is 1.06 bits per heavy atom. The molecule has 1 saturated carbocycles. The Morgan fingerprint density at radius 3 is 2.56 bits per heavy atom. The molecule has 0 spiro atoms. The van der Waals surface area contributed by atoms with Crippen molar-refractivity contribution in [3.8, 4) is 0 Å². The van der Waals surface area contributed by atoms with Crippen molar-refractivity contribution in [2.45, 2.75) is 71.4 Å². The van der Waals surface area contributed by atoms with Crippen molar-refractivity contribution in [3.05, 3.63) is 0 Å². The van der Waals surface area contributed by atoms with Gasteiger partial charge in [0.1, 0.15) is 0 Å². The molecule has 2 fully saturated rings. The van der Waals surface area contributed by atoms with Gasteiger partial charge in [0.05, 0.1) is 0 Å². The van der Waals surface area contributed by atoms with Crippen molar-refractivity contribution >= 4 is 0 Å². The zero-order valence-electron chi connectivity index (χ0n) is 12.6. The number of hydrogen-bond donors (Lipinski definition) is 1. The Bertz CT molecular complexity index is 237. The van der Waals surface area contributed by atoms with Crippen molar-refractivity contribution in [1.82, 2.24) is 10.2 Å². The molecule has 1 aliphatic carbocycles. The van der Waals surface area contributed by atoms with Crippen LogP contribution in [-0.2, 0) is 0 Å². The zero-order chi connectivity index (χ0) is 13.0. The smallest absolute Gasteiger partial charge is 0.0124 e. The molecule has 106 valence electrons. The monoisotopic (exact) mass is 252 g/mol. The SMILES string of the molecule is CC(CNC(C)C)CN1CCC[C@H]2CCCC[C@H]21. The van der Waals surface area contributed by atoms with E-state index in [4.69, 9.17) is 0 Å². The zero-order valence-corrected chi connectivity index (χ0v) is 12.6. The van der Waals surface area contributed by atoms with Gasteiger partial charge in [-0.1, -0.05) is 33.6 Å². The second-order valence-electron chi connectivity index (χ2n) is 6.92. The summed E-state index contributed by atoms with van der Waals surface area (Å²) in [7, 11) is 0. The van der Waals surface area contributed by atoms with Crippen LogP contribution in [-0.4, -0.2) is 36.6 Å². The molecule has 0 aromatic heterocycles. The summed E-state index contributed by atoms with van der Waals surface area (Å²) in [6.45, 7) is 10.7. The van der Waals surface area contributed by atoms with E-state index in [1.54, 1.807) is 0 Å². The molecule has 2 aliphatic rings. The maximum absolute atomic E-state index is 3.58. The molecule has 1 heterocycles. The summed E-state index contributed by atoms with van der Waals surface area (Å²) in [5.74, 6) is 1.81. The van der Waals surface area contributed by atoms with Gasteiger partial charge in [-0.2, -0.15) is 0 Å². The van der Waals surface area contributed by atoms with E-state index in [1.165, 1.54) is 58.2 Å².